The zero-order chi connectivity index (χ0) is 18.5. The summed E-state index contributed by atoms with van der Waals surface area (Å²) in [7, 11) is 0. The molecule has 0 aliphatic carbocycles. The third-order valence-corrected chi connectivity index (χ3v) is 3.36. The second kappa shape index (κ2) is 8.01. The molecule has 0 saturated heterocycles. The molecule has 1 aromatic carbocycles. The zero-order valence-corrected chi connectivity index (χ0v) is 13.6. The predicted molar refractivity (Wildman–Crippen MR) is 84.9 cm³/mol. The van der Waals surface area contributed by atoms with E-state index in [9.17, 15) is 22.8 Å². The molecular formula is C16H15ClF3NO3. The second-order valence-electron chi connectivity index (χ2n) is 4.80. The number of nitrogens with one attached hydrogen (secondary N) is 1. The quantitative estimate of drug-likeness (QED) is 0.592. The Bertz CT molecular complexity index is 709. The Kier molecular flexibility index (Phi) is 6.60. The highest BCUT2D eigenvalue weighted by Crippen LogP contribution is 2.34. The smallest absolute Gasteiger partial charge is 0.416 e. The maximum atomic E-state index is 12.7. The van der Waals surface area contributed by atoms with Crippen LogP contribution in [0.1, 0.15) is 25.8 Å². The summed E-state index contributed by atoms with van der Waals surface area (Å²) >= 11 is 5.81. The van der Waals surface area contributed by atoms with Gasteiger partial charge in [0.25, 0.3) is 5.91 Å². The topological polar surface area (TPSA) is 66.4 Å². The molecule has 0 aliphatic heterocycles. The van der Waals surface area contributed by atoms with E-state index >= 15 is 0 Å². The molecule has 0 fully saturated rings. The first kappa shape index (κ1) is 19.8. The molecule has 0 atom stereocenters. The van der Waals surface area contributed by atoms with Gasteiger partial charge in [-0.15, -0.1) is 0 Å². The Hall–Kier alpha value is -2.28. The molecule has 1 amide bonds. The van der Waals surface area contributed by atoms with Gasteiger partial charge in [-0.25, -0.2) is 4.79 Å². The maximum Gasteiger partial charge on any atom is 0.416 e. The van der Waals surface area contributed by atoms with E-state index in [1.165, 1.54) is 13.0 Å². The third-order valence-electron chi connectivity index (χ3n) is 3.03. The summed E-state index contributed by atoms with van der Waals surface area (Å²) < 4.78 is 38.2. The minimum atomic E-state index is -4.60. The first-order chi connectivity index (χ1) is 11.1. The van der Waals surface area contributed by atoms with Crippen LogP contribution in [0.2, 0.25) is 5.02 Å². The van der Waals surface area contributed by atoms with Gasteiger partial charge in [0.2, 0.25) is 0 Å². The summed E-state index contributed by atoms with van der Waals surface area (Å²) in [5, 5.41) is 11.2. The first-order valence-electron chi connectivity index (χ1n) is 6.86. The minimum absolute atomic E-state index is 0.0943. The van der Waals surface area contributed by atoms with Gasteiger partial charge in [-0.05, 0) is 31.5 Å². The summed E-state index contributed by atoms with van der Waals surface area (Å²) in [6.07, 6.45) is -1.18. The molecule has 0 radical (unpaired) electrons. The van der Waals surface area contributed by atoms with Gasteiger partial charge in [-0.1, -0.05) is 30.7 Å². The van der Waals surface area contributed by atoms with E-state index in [1.54, 1.807) is 13.0 Å². The minimum Gasteiger partial charge on any atom is -0.478 e. The van der Waals surface area contributed by atoms with Crippen LogP contribution in [0, 0.1) is 0 Å². The molecule has 1 aromatic rings. The van der Waals surface area contributed by atoms with Gasteiger partial charge in [-0.2, -0.15) is 13.2 Å². The number of anilines is 1. The number of hydrogen-bond acceptors (Lipinski definition) is 2. The van der Waals surface area contributed by atoms with Gasteiger partial charge < -0.3 is 10.4 Å². The number of aliphatic carboxylic acids is 1. The van der Waals surface area contributed by atoms with Crippen LogP contribution < -0.4 is 5.32 Å². The van der Waals surface area contributed by atoms with Crippen LogP contribution in [0.15, 0.2) is 41.5 Å². The molecular weight excluding hydrogens is 347 g/mol. The number of allylic oxidation sites excluding steroid dienone is 1. The molecule has 8 heteroatoms. The average molecular weight is 362 g/mol. The molecule has 24 heavy (non-hydrogen) atoms. The van der Waals surface area contributed by atoms with E-state index < -0.39 is 23.6 Å². The van der Waals surface area contributed by atoms with Crippen LogP contribution in [0.25, 0.3) is 0 Å². The van der Waals surface area contributed by atoms with Gasteiger partial charge >= 0.3 is 12.1 Å². The Morgan fingerprint density at radius 2 is 1.96 bits per heavy atom. The number of hydrogen-bond donors (Lipinski definition) is 2. The van der Waals surface area contributed by atoms with Crippen molar-refractivity contribution >= 4 is 29.2 Å². The molecule has 0 unspecified atom stereocenters. The van der Waals surface area contributed by atoms with E-state index in [2.05, 4.69) is 5.32 Å². The number of benzene rings is 1. The second-order valence-corrected chi connectivity index (χ2v) is 5.21. The largest absolute Gasteiger partial charge is 0.478 e. The number of carboxylic acid groups (broad SMARTS) is 1. The van der Waals surface area contributed by atoms with Gasteiger partial charge in [0, 0.05) is 11.1 Å². The highest BCUT2D eigenvalue weighted by atomic mass is 35.5. The molecule has 0 bridgehead atoms. The van der Waals surface area contributed by atoms with E-state index in [4.69, 9.17) is 16.7 Å². The van der Waals surface area contributed by atoms with Crippen molar-refractivity contribution in [1.29, 1.82) is 0 Å². The predicted octanol–water partition coefficient (Wildman–Crippen LogP) is 4.66. The van der Waals surface area contributed by atoms with Crippen LogP contribution in [0.3, 0.4) is 0 Å². The lowest BCUT2D eigenvalue weighted by Gasteiger charge is -2.12. The lowest BCUT2D eigenvalue weighted by molar-refractivity contribution is -0.137. The molecule has 0 spiro atoms. The number of amides is 1. The van der Waals surface area contributed by atoms with E-state index in [1.807, 2.05) is 0 Å². The number of rotatable bonds is 5. The molecule has 0 aromatic heterocycles. The van der Waals surface area contributed by atoms with E-state index in [-0.39, 0.29) is 21.9 Å². The van der Waals surface area contributed by atoms with Crippen LogP contribution in [-0.2, 0) is 15.8 Å². The monoisotopic (exact) mass is 361 g/mol. The van der Waals surface area contributed by atoms with E-state index in [0.717, 1.165) is 12.1 Å². The van der Waals surface area contributed by atoms with Crippen molar-refractivity contribution in [2.75, 3.05) is 5.32 Å². The number of carbonyl (C=O) groups is 2. The van der Waals surface area contributed by atoms with Crippen LogP contribution in [0.4, 0.5) is 18.9 Å². The van der Waals surface area contributed by atoms with Crippen LogP contribution >= 0.6 is 11.6 Å². The normalized spacial score (nSPS) is 12.9. The molecule has 130 valence electrons. The number of alkyl halides is 3. The van der Waals surface area contributed by atoms with Gasteiger partial charge in [0.15, 0.2) is 0 Å². The SMILES string of the molecule is CCC=CC(C(=O)Nc1cc(C(F)(F)F)ccc1Cl)=C(C)C(=O)O. The Morgan fingerprint density at radius 1 is 1.33 bits per heavy atom. The van der Waals surface area contributed by atoms with Gasteiger partial charge in [-0.3, -0.25) is 4.79 Å². The van der Waals surface area contributed by atoms with Crippen molar-refractivity contribution < 1.29 is 27.9 Å². The highest BCUT2D eigenvalue weighted by molar-refractivity contribution is 6.34. The third kappa shape index (κ3) is 5.13. The Morgan fingerprint density at radius 3 is 2.46 bits per heavy atom. The van der Waals surface area contributed by atoms with Crippen molar-refractivity contribution in [2.45, 2.75) is 26.4 Å². The molecule has 4 nitrogen and oxygen atoms in total. The Balaban J connectivity index is 3.23. The molecule has 0 saturated carbocycles. The first-order valence-corrected chi connectivity index (χ1v) is 7.24. The lowest BCUT2D eigenvalue weighted by Crippen LogP contribution is -2.18. The van der Waals surface area contributed by atoms with Crippen molar-refractivity contribution in [3.63, 3.8) is 0 Å². The summed E-state index contributed by atoms with van der Waals surface area (Å²) in [5.41, 5.74) is -1.64. The fraction of sp³-hybridized carbons (Fsp3) is 0.250. The molecule has 2 N–H and O–H groups in total. The fourth-order valence-corrected chi connectivity index (χ4v) is 1.87. The van der Waals surface area contributed by atoms with Gasteiger partial charge in [0.1, 0.15) is 0 Å². The standard InChI is InChI=1S/C16H15ClF3NO3/c1-3-4-5-11(9(2)15(23)24)14(22)21-13-8-10(16(18,19)20)6-7-12(13)17/h4-8H,3H2,1-2H3,(H,21,22)(H,23,24). The summed E-state index contributed by atoms with van der Waals surface area (Å²) in [6, 6.07) is 2.49. The van der Waals surface area contributed by atoms with Crippen molar-refractivity contribution in [2.24, 2.45) is 0 Å². The molecule has 0 aliphatic rings. The number of carboxylic acids is 1. The fourth-order valence-electron chi connectivity index (χ4n) is 1.71. The highest BCUT2D eigenvalue weighted by Gasteiger charge is 2.31. The summed E-state index contributed by atoms with van der Waals surface area (Å²) in [4.78, 5) is 23.3. The Labute approximate surface area is 141 Å². The maximum absolute atomic E-state index is 12.7. The zero-order valence-electron chi connectivity index (χ0n) is 12.9. The van der Waals surface area contributed by atoms with Crippen molar-refractivity contribution in [3.8, 4) is 0 Å². The number of halogens is 4. The van der Waals surface area contributed by atoms with Crippen LogP contribution in [-0.4, -0.2) is 17.0 Å². The average Bonchev–Trinajstić information content (AvgIpc) is 2.48. The lowest BCUT2D eigenvalue weighted by atomic mass is 10.1. The number of carbonyl (C=O) groups excluding carboxylic acids is 1. The molecule has 0 heterocycles. The van der Waals surface area contributed by atoms with Gasteiger partial charge in [0.05, 0.1) is 16.3 Å². The van der Waals surface area contributed by atoms with E-state index in [0.29, 0.717) is 12.5 Å². The summed E-state index contributed by atoms with van der Waals surface area (Å²) in [6.45, 7) is 3.01. The van der Waals surface area contributed by atoms with Crippen molar-refractivity contribution in [1.82, 2.24) is 0 Å². The summed E-state index contributed by atoms with van der Waals surface area (Å²) in [5.74, 6) is -2.17. The molecule has 1 rings (SSSR count). The van der Waals surface area contributed by atoms with Crippen LogP contribution in [0.5, 0.6) is 0 Å². The van der Waals surface area contributed by atoms with Crippen molar-refractivity contribution in [3.05, 3.63) is 52.1 Å².